The molecule has 2 nitrogen and oxygen atoms in total. The lowest BCUT2D eigenvalue weighted by molar-refractivity contribution is -0.668. The quantitative estimate of drug-likeness (QED) is 0.316. The zero-order valence-electron chi connectivity index (χ0n) is 13.7. The fraction of sp³-hybridized carbons (Fsp3) is 0.500. The van der Waals surface area contributed by atoms with E-state index in [1.165, 1.54) is 12.1 Å². The van der Waals surface area contributed by atoms with Gasteiger partial charge in [0.2, 0.25) is 0 Å². The number of benzene rings is 1. The summed E-state index contributed by atoms with van der Waals surface area (Å²) in [5.41, 5.74) is -0.340. The zero-order valence-corrected chi connectivity index (χ0v) is 15.9. The number of aromatic nitrogens is 2. The molecule has 14 heteroatoms. The van der Waals surface area contributed by atoms with Gasteiger partial charge in [-0.15, -0.1) is 0 Å². The van der Waals surface area contributed by atoms with Gasteiger partial charge in [0.05, 0.1) is 14.1 Å². The molecular formula is C14H10F11IN2. The van der Waals surface area contributed by atoms with Gasteiger partial charge in [-0.2, -0.15) is 48.3 Å². The summed E-state index contributed by atoms with van der Waals surface area (Å²) in [6.07, 6.45) is -7.18. The molecule has 0 saturated carbocycles. The van der Waals surface area contributed by atoms with E-state index in [0.717, 1.165) is 26.2 Å². The largest absolute Gasteiger partial charge is 1.00 e. The van der Waals surface area contributed by atoms with Gasteiger partial charge in [0.15, 0.2) is 11.0 Å². The molecule has 2 aromatic rings. The number of imidazole rings is 1. The smallest absolute Gasteiger partial charge is 0.460 e. The zero-order chi connectivity index (χ0) is 21.2. The number of rotatable bonds is 4. The van der Waals surface area contributed by atoms with Crippen molar-refractivity contribution in [3.63, 3.8) is 0 Å². The average Bonchev–Trinajstić information content (AvgIpc) is 2.78. The van der Waals surface area contributed by atoms with Crippen LogP contribution in [-0.4, -0.2) is 28.5 Å². The van der Waals surface area contributed by atoms with Crippen LogP contribution in [0.4, 0.5) is 48.3 Å². The second-order valence-corrected chi connectivity index (χ2v) is 5.73. The highest BCUT2D eigenvalue weighted by Crippen LogP contribution is 2.59. The van der Waals surface area contributed by atoms with Crippen LogP contribution in [0.15, 0.2) is 24.3 Å². The van der Waals surface area contributed by atoms with Gasteiger partial charge in [-0.1, -0.05) is 12.1 Å². The first-order valence-corrected chi connectivity index (χ1v) is 6.95. The molecule has 0 radical (unpaired) electrons. The van der Waals surface area contributed by atoms with Gasteiger partial charge in [-0.25, -0.2) is 9.13 Å². The highest BCUT2D eigenvalue weighted by Gasteiger charge is 2.89. The third-order valence-corrected chi connectivity index (χ3v) is 4.06. The van der Waals surface area contributed by atoms with Crippen molar-refractivity contribution >= 4 is 11.0 Å². The molecule has 28 heavy (non-hydrogen) atoms. The Morgan fingerprint density at radius 1 is 0.750 bits per heavy atom. The Balaban J connectivity index is 0.00000392. The Hall–Kier alpha value is -1.35. The van der Waals surface area contributed by atoms with E-state index in [1.807, 2.05) is 0 Å². The Labute approximate surface area is 166 Å². The number of aryl methyl sites for hydroxylation is 2. The number of hydrogen-bond acceptors (Lipinski definition) is 0. The summed E-state index contributed by atoms with van der Waals surface area (Å²) in [4.78, 5) is 0. The van der Waals surface area contributed by atoms with Gasteiger partial charge in [0, 0.05) is 0 Å². The van der Waals surface area contributed by atoms with E-state index in [4.69, 9.17) is 0 Å². The van der Waals surface area contributed by atoms with Crippen molar-refractivity contribution in [2.45, 2.75) is 29.9 Å². The van der Waals surface area contributed by atoms with Crippen LogP contribution < -0.4 is 28.5 Å². The standard InChI is InChI=1S/C14H10F11N2.HI/c1-26-7-5-3-4-6-8(7)27(2)9(26)10(15,16)11(17,18)12(19,20)13(21,22)14(23,24)25;/h3-6H,1-2H3;1H/q+1;/p-1. The molecule has 0 fully saturated rings. The van der Waals surface area contributed by atoms with Gasteiger partial charge < -0.3 is 24.0 Å². The van der Waals surface area contributed by atoms with Crippen molar-refractivity contribution in [3.05, 3.63) is 30.1 Å². The Morgan fingerprint density at radius 3 is 1.64 bits per heavy atom. The van der Waals surface area contributed by atoms with Crippen molar-refractivity contribution in [3.8, 4) is 0 Å². The first kappa shape index (κ1) is 24.7. The molecule has 160 valence electrons. The second-order valence-electron chi connectivity index (χ2n) is 5.73. The SMILES string of the molecule is Cn1c(C(F)(F)C(F)(F)C(F)(F)C(F)(F)C(F)(F)F)[n+](C)c2ccccc21.[I-]. The molecule has 0 bridgehead atoms. The number of para-hydroxylation sites is 2. The summed E-state index contributed by atoms with van der Waals surface area (Å²) >= 11 is 0. The normalized spacial score (nSPS) is 14.3. The van der Waals surface area contributed by atoms with Crippen LogP contribution >= 0.6 is 0 Å². The lowest BCUT2D eigenvalue weighted by Crippen LogP contribution is -3.00. The van der Waals surface area contributed by atoms with Crippen molar-refractivity contribution in [1.82, 2.24) is 4.57 Å². The predicted molar refractivity (Wildman–Crippen MR) is 68.9 cm³/mol. The van der Waals surface area contributed by atoms with E-state index < -0.39 is 35.7 Å². The predicted octanol–water partition coefficient (Wildman–Crippen LogP) is 1.57. The fourth-order valence-corrected chi connectivity index (χ4v) is 2.62. The molecule has 0 N–H and O–H groups in total. The van der Waals surface area contributed by atoms with Gasteiger partial charge in [-0.05, 0) is 12.1 Å². The number of nitrogens with zero attached hydrogens (tertiary/aromatic N) is 2. The van der Waals surface area contributed by atoms with E-state index >= 15 is 0 Å². The number of hydrogen-bond donors (Lipinski definition) is 0. The summed E-state index contributed by atoms with van der Waals surface area (Å²) < 4.78 is 146. The van der Waals surface area contributed by atoms with Crippen LogP contribution in [-0.2, 0) is 20.0 Å². The lowest BCUT2D eigenvalue weighted by Gasteiger charge is -2.35. The van der Waals surface area contributed by atoms with Crippen LogP contribution in [0.5, 0.6) is 0 Å². The van der Waals surface area contributed by atoms with Crippen LogP contribution in [0.1, 0.15) is 5.82 Å². The Kier molecular flexibility index (Phi) is 6.05. The third kappa shape index (κ3) is 3.01. The maximum atomic E-state index is 14.3. The minimum Gasteiger partial charge on any atom is -1.00 e. The van der Waals surface area contributed by atoms with E-state index in [9.17, 15) is 48.3 Å². The second kappa shape index (κ2) is 6.86. The van der Waals surface area contributed by atoms with Gasteiger partial charge in [0.1, 0.15) is 0 Å². The number of halogens is 12. The highest BCUT2D eigenvalue weighted by molar-refractivity contribution is 5.72. The van der Waals surface area contributed by atoms with E-state index in [1.54, 1.807) is 0 Å². The van der Waals surface area contributed by atoms with Crippen LogP contribution in [0.2, 0.25) is 0 Å². The lowest BCUT2D eigenvalue weighted by atomic mass is 9.97. The Bertz CT molecular complexity index is 831. The fourth-order valence-electron chi connectivity index (χ4n) is 2.62. The molecule has 0 aliphatic carbocycles. The van der Waals surface area contributed by atoms with E-state index in [-0.39, 0.29) is 35.0 Å². The molecule has 0 spiro atoms. The van der Waals surface area contributed by atoms with Crippen LogP contribution in [0.3, 0.4) is 0 Å². The first-order chi connectivity index (χ1) is 11.9. The molecule has 0 unspecified atom stereocenters. The molecule has 0 saturated heterocycles. The van der Waals surface area contributed by atoms with Gasteiger partial charge >= 0.3 is 35.7 Å². The molecular weight excluding hydrogens is 532 g/mol. The minimum absolute atomic E-state index is 0. The maximum Gasteiger partial charge on any atom is 0.460 e. The van der Waals surface area contributed by atoms with E-state index in [2.05, 4.69) is 0 Å². The molecule has 0 amide bonds. The highest BCUT2D eigenvalue weighted by atomic mass is 127. The summed E-state index contributed by atoms with van der Waals surface area (Å²) in [5.74, 6) is -29.9. The van der Waals surface area contributed by atoms with Crippen LogP contribution in [0, 0.1) is 0 Å². The van der Waals surface area contributed by atoms with Crippen molar-refractivity contribution in [2.24, 2.45) is 14.1 Å². The first-order valence-electron chi connectivity index (χ1n) is 6.95. The monoisotopic (exact) mass is 542 g/mol. The summed E-state index contributed by atoms with van der Waals surface area (Å²) in [6.45, 7) is 0. The number of alkyl halides is 11. The van der Waals surface area contributed by atoms with Gasteiger partial charge in [-0.3, -0.25) is 0 Å². The average molecular weight is 542 g/mol. The molecule has 1 heterocycles. The summed E-state index contributed by atoms with van der Waals surface area (Å²) in [7, 11) is 1.50. The molecule has 0 atom stereocenters. The van der Waals surface area contributed by atoms with E-state index in [0.29, 0.717) is 9.13 Å². The topological polar surface area (TPSA) is 8.81 Å². The molecule has 1 aromatic carbocycles. The molecule has 1 aromatic heterocycles. The minimum atomic E-state index is -7.44. The van der Waals surface area contributed by atoms with Gasteiger partial charge in [0.25, 0.3) is 0 Å². The van der Waals surface area contributed by atoms with Crippen LogP contribution in [0.25, 0.3) is 11.0 Å². The summed E-state index contributed by atoms with van der Waals surface area (Å²) in [5, 5.41) is 0. The van der Waals surface area contributed by atoms with Crippen molar-refractivity contribution < 1.29 is 76.8 Å². The Morgan fingerprint density at radius 2 is 1.21 bits per heavy atom. The van der Waals surface area contributed by atoms with Crippen molar-refractivity contribution in [2.75, 3.05) is 0 Å². The molecule has 2 rings (SSSR count). The maximum absolute atomic E-state index is 14.3. The molecule has 0 aliphatic rings. The summed E-state index contributed by atoms with van der Waals surface area (Å²) in [6, 6.07) is 4.84. The molecule has 0 aliphatic heterocycles. The number of fused-ring (bicyclic) bond motifs is 1. The van der Waals surface area contributed by atoms with Crippen molar-refractivity contribution in [1.29, 1.82) is 0 Å². The third-order valence-electron chi connectivity index (χ3n) is 4.06.